The van der Waals surface area contributed by atoms with Crippen molar-refractivity contribution in [2.24, 2.45) is 0 Å². The molecule has 0 aromatic heterocycles. The molecular weight excluding hydrogens is 226 g/mol. The number of nitrogens with zero attached hydrogens (tertiary/aromatic N) is 1. The van der Waals surface area contributed by atoms with E-state index in [0.29, 0.717) is 18.1 Å². The fourth-order valence-corrected chi connectivity index (χ4v) is 2.03. The highest BCUT2D eigenvalue weighted by Gasteiger charge is 2.26. The van der Waals surface area contributed by atoms with Gasteiger partial charge in [0.2, 0.25) is 0 Å². The van der Waals surface area contributed by atoms with Gasteiger partial charge in [0.15, 0.2) is 6.10 Å². The number of benzene rings is 1. The van der Waals surface area contributed by atoms with Crippen LogP contribution in [-0.2, 0) is 11.3 Å². The first-order chi connectivity index (χ1) is 7.61. The Bertz CT molecular complexity index is 419. The van der Waals surface area contributed by atoms with Gasteiger partial charge in [0, 0.05) is 23.7 Å². The molecule has 1 aliphatic heterocycles. The summed E-state index contributed by atoms with van der Waals surface area (Å²) in [5.41, 5.74) is 0.965. The van der Waals surface area contributed by atoms with E-state index in [0.717, 1.165) is 11.3 Å². The van der Waals surface area contributed by atoms with Gasteiger partial charge in [-0.25, -0.2) is 0 Å². The minimum Gasteiger partial charge on any atom is -0.481 e. The predicted molar refractivity (Wildman–Crippen MR) is 62.6 cm³/mol. The lowest BCUT2D eigenvalue weighted by molar-refractivity contribution is -0.137. The molecule has 1 heterocycles. The van der Waals surface area contributed by atoms with E-state index in [1.807, 2.05) is 19.1 Å². The molecule has 0 radical (unpaired) electrons. The number of halogens is 1. The van der Waals surface area contributed by atoms with Crippen LogP contribution in [0.4, 0.5) is 0 Å². The summed E-state index contributed by atoms with van der Waals surface area (Å²) in [5, 5.41) is 0.667. The fourth-order valence-electron chi connectivity index (χ4n) is 1.84. The molecule has 16 heavy (non-hydrogen) atoms. The number of amides is 1. The van der Waals surface area contributed by atoms with Gasteiger partial charge >= 0.3 is 0 Å². The molecule has 0 bridgehead atoms. The van der Waals surface area contributed by atoms with Gasteiger partial charge < -0.3 is 9.64 Å². The van der Waals surface area contributed by atoms with E-state index >= 15 is 0 Å². The van der Waals surface area contributed by atoms with Gasteiger partial charge in [0.1, 0.15) is 5.75 Å². The second-order valence-corrected chi connectivity index (χ2v) is 4.30. The van der Waals surface area contributed by atoms with Crippen LogP contribution in [0.2, 0.25) is 5.02 Å². The maximum absolute atomic E-state index is 11.9. The quantitative estimate of drug-likeness (QED) is 0.754. The Kier molecular flexibility index (Phi) is 3.06. The zero-order valence-corrected chi connectivity index (χ0v) is 10.1. The molecule has 0 saturated carbocycles. The number of fused-ring (bicyclic) bond motifs is 1. The van der Waals surface area contributed by atoms with Crippen molar-refractivity contribution < 1.29 is 9.53 Å². The van der Waals surface area contributed by atoms with Crippen LogP contribution in [0.25, 0.3) is 0 Å². The van der Waals surface area contributed by atoms with Gasteiger partial charge in [-0.15, -0.1) is 0 Å². The maximum atomic E-state index is 11.9. The Morgan fingerprint density at radius 2 is 2.31 bits per heavy atom. The van der Waals surface area contributed by atoms with Crippen LogP contribution in [0, 0.1) is 0 Å². The number of hydrogen-bond donors (Lipinski definition) is 0. The van der Waals surface area contributed by atoms with Gasteiger partial charge in [0.05, 0.1) is 0 Å². The van der Waals surface area contributed by atoms with Gasteiger partial charge in [-0.1, -0.05) is 11.6 Å². The van der Waals surface area contributed by atoms with Crippen LogP contribution < -0.4 is 4.74 Å². The third-order valence-electron chi connectivity index (χ3n) is 2.73. The topological polar surface area (TPSA) is 29.5 Å². The lowest BCUT2D eigenvalue weighted by atomic mass is 10.2. The fraction of sp³-hybridized carbons (Fsp3) is 0.417. The number of carbonyl (C=O) groups is 1. The van der Waals surface area contributed by atoms with E-state index in [-0.39, 0.29) is 5.91 Å². The van der Waals surface area contributed by atoms with E-state index in [4.69, 9.17) is 16.3 Å². The second kappa shape index (κ2) is 4.34. The molecule has 1 amide bonds. The molecule has 0 saturated heterocycles. The summed E-state index contributed by atoms with van der Waals surface area (Å²) in [6.45, 7) is 4.98. The standard InChI is InChI=1S/C12H14ClNO2/c1-3-14-7-9-6-10(13)4-5-11(9)16-8(2)12(14)15/h4-6,8H,3,7H2,1-2H3/t8-/m0/s1. The summed E-state index contributed by atoms with van der Waals surface area (Å²) in [7, 11) is 0. The highest BCUT2D eigenvalue weighted by Crippen LogP contribution is 2.28. The molecule has 0 fully saturated rings. The number of likely N-dealkylation sites (N-methyl/N-ethyl adjacent to an activating group) is 1. The zero-order valence-electron chi connectivity index (χ0n) is 9.37. The summed E-state index contributed by atoms with van der Waals surface area (Å²) in [5.74, 6) is 0.774. The summed E-state index contributed by atoms with van der Waals surface area (Å²) in [4.78, 5) is 13.7. The first-order valence-electron chi connectivity index (χ1n) is 5.35. The lowest BCUT2D eigenvalue weighted by Gasteiger charge is -2.19. The first kappa shape index (κ1) is 11.3. The summed E-state index contributed by atoms with van der Waals surface area (Å²) in [6, 6.07) is 5.45. The summed E-state index contributed by atoms with van der Waals surface area (Å²) >= 11 is 5.93. The molecule has 0 aliphatic carbocycles. The normalized spacial score (nSPS) is 20.1. The third kappa shape index (κ3) is 2.00. The van der Waals surface area contributed by atoms with Crippen LogP contribution >= 0.6 is 11.6 Å². The molecular formula is C12H14ClNO2. The Morgan fingerprint density at radius 1 is 1.56 bits per heavy atom. The molecule has 0 unspecified atom stereocenters. The van der Waals surface area contributed by atoms with Crippen LogP contribution in [0.15, 0.2) is 18.2 Å². The monoisotopic (exact) mass is 239 g/mol. The highest BCUT2D eigenvalue weighted by atomic mass is 35.5. The van der Waals surface area contributed by atoms with Crippen molar-refractivity contribution >= 4 is 17.5 Å². The molecule has 0 N–H and O–H groups in total. The number of carbonyl (C=O) groups excluding carboxylic acids is 1. The van der Waals surface area contributed by atoms with Gasteiger partial charge in [-0.05, 0) is 32.0 Å². The molecule has 4 heteroatoms. The number of ether oxygens (including phenoxy) is 1. The summed E-state index contributed by atoms with van der Waals surface area (Å²) < 4.78 is 5.61. The maximum Gasteiger partial charge on any atom is 0.263 e. The van der Waals surface area contributed by atoms with Crippen LogP contribution in [0.1, 0.15) is 19.4 Å². The van der Waals surface area contributed by atoms with Crippen molar-refractivity contribution in [3.05, 3.63) is 28.8 Å². The van der Waals surface area contributed by atoms with Crippen molar-refractivity contribution in [3.63, 3.8) is 0 Å². The predicted octanol–water partition coefficient (Wildman–Crippen LogP) is 2.47. The molecule has 1 aromatic carbocycles. The molecule has 2 rings (SSSR count). The second-order valence-electron chi connectivity index (χ2n) is 3.86. The molecule has 3 nitrogen and oxygen atoms in total. The first-order valence-corrected chi connectivity index (χ1v) is 5.73. The lowest BCUT2D eigenvalue weighted by Crippen LogP contribution is -2.37. The Balaban J connectivity index is 2.40. The SMILES string of the molecule is CCN1Cc2cc(Cl)ccc2O[C@@H](C)C1=O. The molecule has 1 atom stereocenters. The molecule has 86 valence electrons. The Labute approximate surface area is 100.0 Å². The van der Waals surface area contributed by atoms with E-state index in [1.165, 1.54) is 0 Å². The summed E-state index contributed by atoms with van der Waals surface area (Å²) in [6.07, 6.45) is -0.428. The van der Waals surface area contributed by atoms with Gasteiger partial charge in [-0.3, -0.25) is 4.79 Å². The smallest absolute Gasteiger partial charge is 0.263 e. The van der Waals surface area contributed by atoms with Crippen molar-refractivity contribution in [2.45, 2.75) is 26.5 Å². The average molecular weight is 240 g/mol. The molecule has 1 aromatic rings. The molecule has 1 aliphatic rings. The van der Waals surface area contributed by atoms with Crippen LogP contribution in [0.3, 0.4) is 0 Å². The highest BCUT2D eigenvalue weighted by molar-refractivity contribution is 6.30. The van der Waals surface area contributed by atoms with Crippen LogP contribution in [-0.4, -0.2) is 23.5 Å². The van der Waals surface area contributed by atoms with E-state index < -0.39 is 6.10 Å². The number of hydrogen-bond acceptors (Lipinski definition) is 2. The largest absolute Gasteiger partial charge is 0.481 e. The number of rotatable bonds is 1. The Morgan fingerprint density at radius 3 is 3.00 bits per heavy atom. The van der Waals surface area contributed by atoms with E-state index in [9.17, 15) is 4.79 Å². The van der Waals surface area contributed by atoms with Gasteiger partial charge in [0.25, 0.3) is 5.91 Å². The minimum atomic E-state index is -0.428. The average Bonchev–Trinajstić information content (AvgIpc) is 2.38. The van der Waals surface area contributed by atoms with Crippen molar-refractivity contribution in [3.8, 4) is 5.75 Å². The van der Waals surface area contributed by atoms with Crippen molar-refractivity contribution in [1.29, 1.82) is 0 Å². The zero-order chi connectivity index (χ0) is 11.7. The van der Waals surface area contributed by atoms with Crippen LogP contribution in [0.5, 0.6) is 5.75 Å². The molecule has 0 spiro atoms. The third-order valence-corrected chi connectivity index (χ3v) is 2.96. The van der Waals surface area contributed by atoms with E-state index in [1.54, 1.807) is 17.9 Å². The van der Waals surface area contributed by atoms with Crippen molar-refractivity contribution in [2.75, 3.05) is 6.54 Å². The Hall–Kier alpha value is -1.22. The van der Waals surface area contributed by atoms with E-state index in [2.05, 4.69) is 0 Å². The van der Waals surface area contributed by atoms with Gasteiger partial charge in [-0.2, -0.15) is 0 Å². The minimum absolute atomic E-state index is 0.0230. The van der Waals surface area contributed by atoms with Crippen molar-refractivity contribution in [1.82, 2.24) is 4.90 Å².